The highest BCUT2D eigenvalue weighted by atomic mass is 16.5. The van der Waals surface area contributed by atoms with Crippen LogP contribution in [0.3, 0.4) is 0 Å². The molecule has 2 unspecified atom stereocenters. The zero-order chi connectivity index (χ0) is 19.4. The molecule has 0 fully saturated rings. The first-order valence-corrected chi connectivity index (χ1v) is 9.16. The molecule has 27 heavy (non-hydrogen) atoms. The zero-order valence-electron chi connectivity index (χ0n) is 15.9. The maximum Gasteiger partial charge on any atom is 0.317 e. The predicted molar refractivity (Wildman–Crippen MR) is 105 cm³/mol. The molecular formula is C23H24O4. The molecule has 2 aromatic rings. The number of aryl methyl sites for hydroxylation is 1. The molecule has 0 radical (unpaired) electrons. The van der Waals surface area contributed by atoms with E-state index in [1.54, 1.807) is 20.1 Å². The maximum atomic E-state index is 12.9. The number of para-hydroxylation sites is 1. The van der Waals surface area contributed by atoms with Crippen molar-refractivity contribution < 1.29 is 19.1 Å². The maximum absolute atomic E-state index is 12.9. The van der Waals surface area contributed by atoms with Crippen molar-refractivity contribution in [2.24, 2.45) is 5.92 Å². The minimum Gasteiger partial charge on any atom is -0.496 e. The first-order valence-electron chi connectivity index (χ1n) is 9.16. The molecule has 0 saturated carbocycles. The van der Waals surface area contributed by atoms with Crippen molar-refractivity contribution in [3.63, 3.8) is 0 Å². The van der Waals surface area contributed by atoms with Crippen molar-refractivity contribution >= 4 is 17.3 Å². The number of hydrogen-bond donors (Lipinski definition) is 0. The van der Waals surface area contributed by atoms with Crippen LogP contribution in [0.4, 0.5) is 0 Å². The number of esters is 1. The van der Waals surface area contributed by atoms with E-state index in [9.17, 15) is 9.59 Å². The SMILES string of the molecule is CCOC(=O)C1C(=O)C=C(c2ccccc2OC)CC1c1cccc(C)c1. The second kappa shape index (κ2) is 8.21. The lowest BCUT2D eigenvalue weighted by atomic mass is 9.73. The van der Waals surface area contributed by atoms with Gasteiger partial charge in [-0.05, 0) is 43.5 Å². The van der Waals surface area contributed by atoms with Crippen LogP contribution < -0.4 is 4.74 Å². The summed E-state index contributed by atoms with van der Waals surface area (Å²) in [6.07, 6.45) is 2.14. The van der Waals surface area contributed by atoms with Crippen LogP contribution in [0.1, 0.15) is 36.0 Å². The standard InChI is InChI=1S/C23H24O4/c1-4-27-23(25)22-19(16-9-7-8-15(2)12-16)13-17(14-20(22)24)18-10-5-6-11-21(18)26-3/h5-12,14,19,22H,4,13H2,1-3H3. The van der Waals surface area contributed by atoms with Gasteiger partial charge in [-0.25, -0.2) is 0 Å². The van der Waals surface area contributed by atoms with Crippen molar-refractivity contribution in [1.82, 2.24) is 0 Å². The van der Waals surface area contributed by atoms with Gasteiger partial charge < -0.3 is 9.47 Å². The second-order valence-corrected chi connectivity index (χ2v) is 6.73. The molecule has 0 N–H and O–H groups in total. The zero-order valence-corrected chi connectivity index (χ0v) is 15.9. The Morgan fingerprint density at radius 1 is 1.15 bits per heavy atom. The van der Waals surface area contributed by atoms with Crippen LogP contribution in [-0.2, 0) is 14.3 Å². The van der Waals surface area contributed by atoms with E-state index in [1.807, 2.05) is 55.5 Å². The van der Waals surface area contributed by atoms with Crippen molar-refractivity contribution in [2.45, 2.75) is 26.2 Å². The van der Waals surface area contributed by atoms with E-state index in [2.05, 4.69) is 0 Å². The fraction of sp³-hybridized carbons (Fsp3) is 0.304. The Morgan fingerprint density at radius 2 is 1.93 bits per heavy atom. The van der Waals surface area contributed by atoms with Gasteiger partial charge in [0.05, 0.1) is 13.7 Å². The highest BCUT2D eigenvalue weighted by Crippen LogP contribution is 2.42. The number of carbonyl (C=O) groups excluding carboxylic acids is 2. The molecule has 140 valence electrons. The molecule has 0 bridgehead atoms. The van der Waals surface area contributed by atoms with Crippen LogP contribution in [0.15, 0.2) is 54.6 Å². The number of carbonyl (C=O) groups is 2. The van der Waals surface area contributed by atoms with E-state index in [-0.39, 0.29) is 18.3 Å². The predicted octanol–water partition coefficient (Wildman–Crippen LogP) is 4.32. The van der Waals surface area contributed by atoms with Gasteiger partial charge in [-0.2, -0.15) is 0 Å². The molecule has 3 rings (SSSR count). The Balaban J connectivity index is 2.07. The molecule has 0 heterocycles. The van der Waals surface area contributed by atoms with Gasteiger partial charge in [-0.3, -0.25) is 9.59 Å². The molecule has 0 saturated heterocycles. The number of hydrogen-bond acceptors (Lipinski definition) is 4. The van der Waals surface area contributed by atoms with E-state index >= 15 is 0 Å². The molecule has 0 spiro atoms. The second-order valence-electron chi connectivity index (χ2n) is 6.73. The average molecular weight is 364 g/mol. The molecule has 1 aliphatic rings. The average Bonchev–Trinajstić information content (AvgIpc) is 2.67. The first-order chi connectivity index (χ1) is 13.0. The smallest absolute Gasteiger partial charge is 0.317 e. The van der Waals surface area contributed by atoms with Gasteiger partial charge in [0.25, 0.3) is 0 Å². The van der Waals surface area contributed by atoms with E-state index in [1.165, 1.54) is 0 Å². The summed E-state index contributed by atoms with van der Waals surface area (Å²) in [5, 5.41) is 0. The van der Waals surface area contributed by atoms with E-state index < -0.39 is 11.9 Å². The van der Waals surface area contributed by atoms with Gasteiger partial charge in [0.15, 0.2) is 5.78 Å². The van der Waals surface area contributed by atoms with Crippen molar-refractivity contribution in [3.05, 3.63) is 71.3 Å². The third-order valence-corrected chi connectivity index (χ3v) is 4.93. The Bertz CT molecular complexity index is 881. The van der Waals surface area contributed by atoms with E-state index in [0.29, 0.717) is 12.2 Å². The highest BCUT2D eigenvalue weighted by molar-refractivity contribution is 6.11. The molecule has 0 aromatic heterocycles. The first kappa shape index (κ1) is 18.9. The summed E-state index contributed by atoms with van der Waals surface area (Å²) in [6.45, 7) is 4.01. The largest absolute Gasteiger partial charge is 0.496 e. The molecule has 0 amide bonds. The van der Waals surface area contributed by atoms with Crippen LogP contribution in [0.2, 0.25) is 0 Å². The molecule has 4 nitrogen and oxygen atoms in total. The number of ketones is 1. The summed E-state index contributed by atoms with van der Waals surface area (Å²) in [5.74, 6) is -1.03. The minimum absolute atomic E-state index is 0.216. The van der Waals surface area contributed by atoms with Crippen molar-refractivity contribution in [1.29, 1.82) is 0 Å². The lowest BCUT2D eigenvalue weighted by molar-refractivity contribution is -0.151. The van der Waals surface area contributed by atoms with Gasteiger partial charge in [0.2, 0.25) is 0 Å². The van der Waals surface area contributed by atoms with E-state index in [0.717, 1.165) is 22.3 Å². The third-order valence-electron chi connectivity index (χ3n) is 4.93. The Kier molecular flexibility index (Phi) is 5.75. The van der Waals surface area contributed by atoms with Gasteiger partial charge in [-0.1, -0.05) is 48.0 Å². The lowest BCUT2D eigenvalue weighted by Gasteiger charge is -2.30. The molecule has 2 atom stereocenters. The van der Waals surface area contributed by atoms with Crippen molar-refractivity contribution in [3.8, 4) is 5.75 Å². The summed E-state index contributed by atoms with van der Waals surface area (Å²) in [6, 6.07) is 15.6. The highest BCUT2D eigenvalue weighted by Gasteiger charge is 2.40. The number of ether oxygens (including phenoxy) is 2. The summed E-state index contributed by atoms with van der Waals surface area (Å²) < 4.78 is 10.7. The Morgan fingerprint density at radius 3 is 2.63 bits per heavy atom. The molecule has 4 heteroatoms. The van der Waals surface area contributed by atoms with Crippen LogP contribution in [0.25, 0.3) is 5.57 Å². The fourth-order valence-corrected chi connectivity index (χ4v) is 3.69. The molecule has 1 aliphatic carbocycles. The quantitative estimate of drug-likeness (QED) is 0.586. The molecular weight excluding hydrogens is 340 g/mol. The Hall–Kier alpha value is -2.88. The number of allylic oxidation sites excluding steroid dienone is 2. The van der Waals surface area contributed by atoms with Gasteiger partial charge >= 0.3 is 5.97 Å². The fourth-order valence-electron chi connectivity index (χ4n) is 3.69. The van der Waals surface area contributed by atoms with Gasteiger partial charge in [0, 0.05) is 11.5 Å². The van der Waals surface area contributed by atoms with Crippen LogP contribution >= 0.6 is 0 Å². The molecule has 2 aromatic carbocycles. The topological polar surface area (TPSA) is 52.6 Å². The Labute approximate surface area is 159 Å². The normalized spacial score (nSPS) is 19.4. The van der Waals surface area contributed by atoms with Crippen LogP contribution in [0, 0.1) is 12.8 Å². The van der Waals surface area contributed by atoms with E-state index in [4.69, 9.17) is 9.47 Å². The number of rotatable bonds is 5. The number of methoxy groups -OCH3 is 1. The summed E-state index contributed by atoms with van der Waals surface area (Å²) in [4.78, 5) is 25.5. The van der Waals surface area contributed by atoms with Gasteiger partial charge in [-0.15, -0.1) is 0 Å². The monoisotopic (exact) mass is 364 g/mol. The van der Waals surface area contributed by atoms with Crippen LogP contribution in [-0.4, -0.2) is 25.5 Å². The third kappa shape index (κ3) is 3.95. The summed E-state index contributed by atoms with van der Waals surface area (Å²) in [7, 11) is 1.61. The minimum atomic E-state index is -0.815. The lowest BCUT2D eigenvalue weighted by Crippen LogP contribution is -2.34. The van der Waals surface area contributed by atoms with Gasteiger partial charge in [0.1, 0.15) is 11.7 Å². The molecule has 0 aliphatic heterocycles. The summed E-state index contributed by atoms with van der Waals surface area (Å²) in [5.41, 5.74) is 3.83. The number of benzene rings is 2. The van der Waals surface area contributed by atoms with Crippen LogP contribution in [0.5, 0.6) is 5.75 Å². The van der Waals surface area contributed by atoms with Crippen molar-refractivity contribution in [2.75, 3.05) is 13.7 Å². The summed E-state index contributed by atoms with van der Waals surface area (Å²) >= 11 is 0.